The molecule has 3 unspecified atom stereocenters. The van der Waals surface area contributed by atoms with Crippen LogP contribution in [-0.2, 0) is 32.7 Å². The average molecular weight is 925 g/mol. The van der Waals surface area contributed by atoms with Crippen molar-refractivity contribution in [2.75, 3.05) is 13.2 Å². The predicted octanol–water partition coefficient (Wildman–Crippen LogP) is 8.25. The van der Waals surface area contributed by atoms with E-state index in [1.807, 2.05) is 24.3 Å². The molecule has 7 N–H and O–H groups in total. The molecule has 1 saturated carbocycles. The highest BCUT2D eigenvalue weighted by Gasteiger charge is 2.51. The van der Waals surface area contributed by atoms with Gasteiger partial charge in [0.1, 0.15) is 43.2 Å². The number of ether oxygens (including phenoxy) is 2. The lowest BCUT2D eigenvalue weighted by molar-refractivity contribution is -0.220. The van der Waals surface area contributed by atoms with E-state index in [2.05, 4.69) is 62.5 Å². The molecule has 1 aliphatic rings. The van der Waals surface area contributed by atoms with Crippen molar-refractivity contribution in [2.45, 2.75) is 198 Å². The molecule has 0 heterocycles. The molecule has 0 aromatic heterocycles. The standard InChI is InChI=1S/C49H81O14P/c1-3-5-7-9-11-13-15-17-18-19-20-22-24-26-28-30-32-36-42(51)60-38-41(39-61-64(58,59)63-49-47(56)45(54)44(53)46(55)48(49)57)62-43(52)37-33-35-40(50)34-31-29-27-25-23-21-16-14-12-10-8-6-4-2/h12,14,17-18,20-23,26-29,31,34,40-41,44-50,53-57H,3-11,13,15-16,19,24-25,30,32-33,35-39H2,1-2H3,(H,58,59)/b14-12-,18-17-,22-20-,23-21-,28-26-,29-27-,34-31+/t40-,41+,44?,45-,46+,47+,48+,49?/m0/s1. The number of esters is 2. The Morgan fingerprint density at radius 2 is 1.03 bits per heavy atom. The highest BCUT2D eigenvalue weighted by molar-refractivity contribution is 7.47. The van der Waals surface area contributed by atoms with Gasteiger partial charge in [0.25, 0.3) is 0 Å². The third-order valence-electron chi connectivity index (χ3n) is 10.3. The molecule has 0 aliphatic heterocycles. The van der Waals surface area contributed by atoms with Gasteiger partial charge in [0.05, 0.1) is 12.7 Å². The van der Waals surface area contributed by atoms with E-state index in [1.54, 1.807) is 12.2 Å². The molecule has 1 fully saturated rings. The van der Waals surface area contributed by atoms with E-state index in [4.69, 9.17) is 18.5 Å². The van der Waals surface area contributed by atoms with E-state index in [0.29, 0.717) is 12.8 Å². The van der Waals surface area contributed by atoms with Crippen molar-refractivity contribution in [3.8, 4) is 0 Å². The van der Waals surface area contributed by atoms with Crippen LogP contribution in [-0.4, -0.2) is 110 Å². The van der Waals surface area contributed by atoms with Crippen LogP contribution in [0.1, 0.15) is 149 Å². The minimum Gasteiger partial charge on any atom is -0.462 e. The normalized spacial score (nSPS) is 22.8. The Hall–Kier alpha value is -3.01. The molecule has 0 radical (unpaired) electrons. The summed E-state index contributed by atoms with van der Waals surface area (Å²) < 4.78 is 33.3. The summed E-state index contributed by atoms with van der Waals surface area (Å²) in [6, 6.07) is 0. The van der Waals surface area contributed by atoms with E-state index in [1.165, 1.54) is 57.8 Å². The van der Waals surface area contributed by atoms with Crippen LogP contribution >= 0.6 is 7.82 Å². The molecule has 14 nitrogen and oxygen atoms in total. The van der Waals surface area contributed by atoms with Crippen molar-refractivity contribution in [3.05, 3.63) is 85.1 Å². The third kappa shape index (κ3) is 30.2. The van der Waals surface area contributed by atoms with Crippen LogP contribution in [0.2, 0.25) is 0 Å². The molecular formula is C49H81O14P. The van der Waals surface area contributed by atoms with E-state index < -0.39 is 81.8 Å². The number of unbranched alkanes of at least 4 members (excludes halogenated alkanes) is 10. The van der Waals surface area contributed by atoms with Gasteiger partial charge >= 0.3 is 19.8 Å². The Kier molecular flexibility index (Phi) is 35.2. The lowest BCUT2D eigenvalue weighted by Gasteiger charge is -2.41. The second-order valence-electron chi connectivity index (χ2n) is 16.1. The van der Waals surface area contributed by atoms with E-state index in [-0.39, 0.29) is 25.7 Å². The number of aliphatic hydroxyl groups excluding tert-OH is 6. The molecule has 64 heavy (non-hydrogen) atoms. The molecule has 0 spiro atoms. The lowest BCUT2D eigenvalue weighted by Crippen LogP contribution is -2.64. The number of hydrogen-bond acceptors (Lipinski definition) is 13. The first-order valence-electron chi connectivity index (χ1n) is 23.5. The molecule has 0 amide bonds. The summed E-state index contributed by atoms with van der Waals surface area (Å²) in [7, 11) is -5.19. The molecule has 9 atom stereocenters. The Bertz CT molecular complexity index is 1460. The molecule has 0 bridgehead atoms. The second kappa shape index (κ2) is 38.1. The number of rotatable bonds is 37. The largest absolute Gasteiger partial charge is 0.472 e. The van der Waals surface area contributed by atoms with E-state index in [9.17, 15) is 49.7 Å². The van der Waals surface area contributed by atoms with Gasteiger partial charge in [-0.05, 0) is 77.0 Å². The van der Waals surface area contributed by atoms with Crippen LogP contribution in [0.25, 0.3) is 0 Å². The van der Waals surface area contributed by atoms with Crippen LogP contribution in [0.5, 0.6) is 0 Å². The van der Waals surface area contributed by atoms with Crippen LogP contribution in [0.4, 0.5) is 0 Å². The number of carbonyl (C=O) groups is 2. The zero-order valence-electron chi connectivity index (χ0n) is 38.4. The molecular weight excluding hydrogens is 843 g/mol. The zero-order chi connectivity index (χ0) is 47.3. The first-order chi connectivity index (χ1) is 30.8. The first kappa shape index (κ1) is 59.0. The Balaban J connectivity index is 2.59. The highest BCUT2D eigenvalue weighted by atomic mass is 31.2. The summed E-state index contributed by atoms with van der Waals surface area (Å²) in [5.41, 5.74) is 0. The minimum atomic E-state index is -5.19. The molecule has 1 aliphatic carbocycles. The van der Waals surface area contributed by atoms with E-state index >= 15 is 0 Å². The third-order valence-corrected chi connectivity index (χ3v) is 11.3. The highest BCUT2D eigenvalue weighted by Crippen LogP contribution is 2.47. The average Bonchev–Trinajstić information content (AvgIpc) is 3.27. The fourth-order valence-corrected chi connectivity index (χ4v) is 7.44. The smallest absolute Gasteiger partial charge is 0.462 e. The van der Waals surface area contributed by atoms with Crippen molar-refractivity contribution >= 4 is 19.8 Å². The zero-order valence-corrected chi connectivity index (χ0v) is 39.3. The SMILES string of the molecule is CCCCC/C=C\C/C=C\C/C=C\C=C\[C@H](O)CCCC(=O)O[C@H](COC(=O)CCC/C=C\C/C=C\C/C=C\CCCCCCCC)COP(=O)(O)OC1[C@H](O)[C@H](O)C(O)[C@H](O)[C@H]1O. The minimum absolute atomic E-state index is 0.0504. The van der Waals surface area contributed by atoms with Crippen LogP contribution in [0.15, 0.2) is 85.1 Å². The molecule has 1 rings (SSSR count). The van der Waals surface area contributed by atoms with Crippen molar-refractivity contribution in [3.63, 3.8) is 0 Å². The number of aliphatic hydroxyl groups is 6. The van der Waals surface area contributed by atoms with Crippen molar-refractivity contribution < 1.29 is 68.2 Å². The Morgan fingerprint density at radius 3 is 1.62 bits per heavy atom. The molecule has 0 aromatic carbocycles. The molecule has 15 heteroatoms. The number of phosphoric acid groups is 1. The number of carbonyl (C=O) groups excluding carboxylic acids is 2. The monoisotopic (exact) mass is 925 g/mol. The summed E-state index contributed by atoms with van der Waals surface area (Å²) in [5, 5.41) is 60.5. The quantitative estimate of drug-likeness (QED) is 0.0102. The second-order valence-corrected chi connectivity index (χ2v) is 17.5. The molecule has 0 aromatic rings. The van der Waals surface area contributed by atoms with Crippen LogP contribution in [0, 0.1) is 0 Å². The van der Waals surface area contributed by atoms with Gasteiger partial charge in [0.2, 0.25) is 0 Å². The van der Waals surface area contributed by atoms with Crippen molar-refractivity contribution in [1.29, 1.82) is 0 Å². The summed E-state index contributed by atoms with van der Waals surface area (Å²) in [5.74, 6) is -1.37. The van der Waals surface area contributed by atoms with Gasteiger partial charge in [-0.3, -0.25) is 18.6 Å². The maximum absolute atomic E-state index is 12.8. The maximum atomic E-state index is 12.8. The number of phosphoric ester groups is 1. The van der Waals surface area contributed by atoms with Crippen molar-refractivity contribution in [1.82, 2.24) is 0 Å². The topological polar surface area (TPSA) is 230 Å². The molecule has 366 valence electrons. The summed E-state index contributed by atoms with van der Waals surface area (Å²) in [6.07, 6.45) is 32.3. The van der Waals surface area contributed by atoms with Gasteiger partial charge in [-0.2, -0.15) is 0 Å². The maximum Gasteiger partial charge on any atom is 0.472 e. The van der Waals surface area contributed by atoms with Crippen LogP contribution < -0.4 is 0 Å². The van der Waals surface area contributed by atoms with Gasteiger partial charge in [-0.25, -0.2) is 4.57 Å². The fourth-order valence-electron chi connectivity index (χ4n) is 6.46. The Morgan fingerprint density at radius 1 is 0.562 bits per heavy atom. The van der Waals surface area contributed by atoms with Gasteiger partial charge in [0.15, 0.2) is 6.10 Å². The number of hydrogen-bond donors (Lipinski definition) is 7. The summed E-state index contributed by atoms with van der Waals surface area (Å²) in [4.78, 5) is 35.7. The Labute approximate surface area is 382 Å². The van der Waals surface area contributed by atoms with E-state index in [0.717, 1.165) is 38.5 Å². The van der Waals surface area contributed by atoms with Gasteiger partial charge in [-0.15, -0.1) is 0 Å². The molecule has 0 saturated heterocycles. The van der Waals surface area contributed by atoms with Gasteiger partial charge in [-0.1, -0.05) is 144 Å². The predicted molar refractivity (Wildman–Crippen MR) is 250 cm³/mol. The van der Waals surface area contributed by atoms with Gasteiger partial charge < -0.3 is 45.0 Å². The fraction of sp³-hybridized carbons (Fsp3) is 0.673. The summed E-state index contributed by atoms with van der Waals surface area (Å²) >= 11 is 0. The van der Waals surface area contributed by atoms with Crippen LogP contribution in [0.3, 0.4) is 0 Å². The van der Waals surface area contributed by atoms with Gasteiger partial charge in [0, 0.05) is 12.8 Å². The summed E-state index contributed by atoms with van der Waals surface area (Å²) in [6.45, 7) is 3.04. The van der Waals surface area contributed by atoms with Crippen molar-refractivity contribution in [2.24, 2.45) is 0 Å². The first-order valence-corrected chi connectivity index (χ1v) is 25.0. The lowest BCUT2D eigenvalue weighted by atomic mass is 9.85. The number of allylic oxidation sites excluding steroid dienone is 13.